The van der Waals surface area contributed by atoms with Crippen molar-refractivity contribution >= 4 is 45.7 Å². The molecule has 2 amide bonds. The lowest BCUT2D eigenvalue weighted by atomic mass is 9.97. The van der Waals surface area contributed by atoms with Crippen LogP contribution in [0.5, 0.6) is 0 Å². The highest BCUT2D eigenvalue weighted by Gasteiger charge is 2.48. The molecule has 1 unspecified atom stereocenters. The van der Waals surface area contributed by atoms with E-state index in [-0.39, 0.29) is 23.8 Å². The summed E-state index contributed by atoms with van der Waals surface area (Å²) in [6.07, 6.45) is 5.13. The number of H-pyrrole nitrogens is 1. The number of nitrogens with zero attached hydrogens (tertiary/aromatic N) is 2. The molecule has 1 saturated heterocycles. The van der Waals surface area contributed by atoms with Gasteiger partial charge in [0.2, 0.25) is 5.91 Å². The highest BCUT2D eigenvalue weighted by molar-refractivity contribution is 7.80. The SMILES string of the molecule is C=CCCN1C(=O)C(CC(=O)Nc2ccc3cc[nH]c3c2)N(C(C)(C)CC)C1=S. The Labute approximate surface area is 176 Å². The number of nitrogens with one attached hydrogen (secondary N) is 2. The number of carbonyl (C=O) groups is 2. The van der Waals surface area contributed by atoms with Gasteiger partial charge < -0.3 is 15.2 Å². The van der Waals surface area contributed by atoms with Crippen LogP contribution in [0.25, 0.3) is 10.9 Å². The summed E-state index contributed by atoms with van der Waals surface area (Å²) in [6.45, 7) is 10.4. The number of aromatic amines is 1. The summed E-state index contributed by atoms with van der Waals surface area (Å²) in [7, 11) is 0. The molecule has 1 aliphatic rings. The monoisotopic (exact) mass is 412 g/mol. The summed E-state index contributed by atoms with van der Waals surface area (Å²) in [6, 6.07) is 7.07. The number of anilines is 1. The Bertz CT molecular complexity index is 949. The third-order valence-corrected chi connectivity index (χ3v) is 6.01. The summed E-state index contributed by atoms with van der Waals surface area (Å²) >= 11 is 5.63. The molecule has 2 N–H and O–H groups in total. The van der Waals surface area contributed by atoms with E-state index in [1.807, 2.05) is 49.2 Å². The maximum atomic E-state index is 13.1. The lowest BCUT2D eigenvalue weighted by molar-refractivity contribution is -0.131. The topological polar surface area (TPSA) is 68.4 Å². The minimum absolute atomic E-state index is 0.0513. The Hall–Kier alpha value is -2.67. The summed E-state index contributed by atoms with van der Waals surface area (Å²) in [4.78, 5) is 32.6. The van der Waals surface area contributed by atoms with Gasteiger partial charge in [-0.15, -0.1) is 6.58 Å². The second-order valence-electron chi connectivity index (χ2n) is 7.93. The third-order valence-electron chi connectivity index (χ3n) is 5.59. The summed E-state index contributed by atoms with van der Waals surface area (Å²) < 4.78 is 0. The molecule has 6 nitrogen and oxygen atoms in total. The second-order valence-corrected chi connectivity index (χ2v) is 8.30. The van der Waals surface area contributed by atoms with Crippen LogP contribution in [0, 0.1) is 0 Å². The average Bonchev–Trinajstić information content (AvgIpc) is 3.23. The van der Waals surface area contributed by atoms with Crippen molar-refractivity contribution < 1.29 is 9.59 Å². The quantitative estimate of drug-likeness (QED) is 0.507. The van der Waals surface area contributed by atoms with E-state index in [9.17, 15) is 9.59 Å². The molecule has 29 heavy (non-hydrogen) atoms. The second kappa shape index (κ2) is 8.37. The van der Waals surface area contributed by atoms with Crippen molar-refractivity contribution in [1.29, 1.82) is 0 Å². The molecule has 0 radical (unpaired) electrons. The lowest BCUT2D eigenvalue weighted by Gasteiger charge is -2.39. The average molecular weight is 413 g/mol. The minimum Gasteiger partial charge on any atom is -0.361 e. The molecule has 1 aromatic heterocycles. The molecule has 3 rings (SSSR count). The Morgan fingerprint density at radius 3 is 2.83 bits per heavy atom. The largest absolute Gasteiger partial charge is 0.361 e. The maximum Gasteiger partial charge on any atom is 0.252 e. The maximum absolute atomic E-state index is 13.1. The first kappa shape index (κ1) is 21.0. The van der Waals surface area contributed by atoms with Crippen LogP contribution in [-0.4, -0.2) is 49.8 Å². The molecule has 0 bridgehead atoms. The van der Waals surface area contributed by atoms with Gasteiger partial charge in [0.15, 0.2) is 5.11 Å². The van der Waals surface area contributed by atoms with Crippen molar-refractivity contribution in [2.75, 3.05) is 11.9 Å². The van der Waals surface area contributed by atoms with Gasteiger partial charge >= 0.3 is 0 Å². The summed E-state index contributed by atoms with van der Waals surface area (Å²) in [5.74, 6) is -0.326. The normalized spacial score (nSPS) is 17.3. The zero-order valence-corrected chi connectivity index (χ0v) is 18.0. The van der Waals surface area contributed by atoms with Crippen LogP contribution in [0.4, 0.5) is 5.69 Å². The van der Waals surface area contributed by atoms with E-state index < -0.39 is 6.04 Å². The molecular weight excluding hydrogens is 384 g/mol. The van der Waals surface area contributed by atoms with Crippen molar-refractivity contribution in [2.24, 2.45) is 0 Å². The number of aromatic nitrogens is 1. The minimum atomic E-state index is -0.600. The molecule has 1 aromatic carbocycles. The van der Waals surface area contributed by atoms with Gasteiger partial charge in [0.05, 0.1) is 6.42 Å². The van der Waals surface area contributed by atoms with Crippen molar-refractivity contribution in [3.05, 3.63) is 43.1 Å². The standard InChI is InChI=1S/C22H28N4O2S/c1-5-7-12-25-20(28)18(26(21(25)29)22(3,4)6-2)14-19(27)24-16-9-8-15-10-11-23-17(15)13-16/h5,8-11,13,18,23H,1,6-7,12,14H2,2-4H3,(H,24,27). The zero-order valence-electron chi connectivity index (χ0n) is 17.2. The number of amides is 2. The first-order chi connectivity index (χ1) is 13.8. The van der Waals surface area contributed by atoms with Gasteiger partial charge in [0.1, 0.15) is 6.04 Å². The molecular formula is C22H28N4O2S. The molecule has 0 spiro atoms. The van der Waals surface area contributed by atoms with Gasteiger partial charge in [-0.1, -0.05) is 19.1 Å². The molecule has 1 aliphatic heterocycles. The van der Waals surface area contributed by atoms with E-state index in [2.05, 4.69) is 23.8 Å². The predicted octanol–water partition coefficient (Wildman–Crippen LogP) is 4.06. The van der Waals surface area contributed by atoms with Gasteiger partial charge in [-0.05, 0) is 62.5 Å². The van der Waals surface area contributed by atoms with Crippen LogP contribution in [0.3, 0.4) is 0 Å². The van der Waals surface area contributed by atoms with Crippen molar-refractivity contribution in [2.45, 2.75) is 51.6 Å². The van der Waals surface area contributed by atoms with Gasteiger partial charge in [-0.3, -0.25) is 14.5 Å². The number of carbonyl (C=O) groups excluding carboxylic acids is 2. The van der Waals surface area contributed by atoms with Crippen LogP contribution in [0.1, 0.15) is 40.0 Å². The fraction of sp³-hybridized carbons (Fsp3) is 0.409. The molecule has 2 aromatic rings. The van der Waals surface area contributed by atoms with Gasteiger partial charge in [-0.25, -0.2) is 0 Å². The van der Waals surface area contributed by atoms with Gasteiger partial charge in [-0.2, -0.15) is 0 Å². The number of rotatable bonds is 8. The molecule has 0 saturated carbocycles. The van der Waals surface area contributed by atoms with E-state index in [1.165, 1.54) is 0 Å². The van der Waals surface area contributed by atoms with Crippen LogP contribution in [0.15, 0.2) is 43.1 Å². The highest BCUT2D eigenvalue weighted by Crippen LogP contribution is 2.31. The number of fused-ring (bicyclic) bond motifs is 1. The van der Waals surface area contributed by atoms with E-state index in [0.29, 0.717) is 23.8 Å². The molecule has 7 heteroatoms. The van der Waals surface area contributed by atoms with Crippen molar-refractivity contribution in [3.8, 4) is 0 Å². The van der Waals surface area contributed by atoms with E-state index in [4.69, 9.17) is 12.2 Å². The number of benzene rings is 1. The fourth-order valence-electron chi connectivity index (χ4n) is 3.62. The Balaban J connectivity index is 1.79. The predicted molar refractivity (Wildman–Crippen MR) is 121 cm³/mol. The van der Waals surface area contributed by atoms with E-state index >= 15 is 0 Å². The fourth-order valence-corrected chi connectivity index (χ4v) is 4.17. The van der Waals surface area contributed by atoms with Crippen LogP contribution in [0.2, 0.25) is 0 Å². The van der Waals surface area contributed by atoms with Crippen molar-refractivity contribution in [3.63, 3.8) is 0 Å². The number of hydrogen-bond donors (Lipinski definition) is 2. The molecule has 154 valence electrons. The summed E-state index contributed by atoms with van der Waals surface area (Å²) in [5, 5.41) is 4.49. The zero-order chi connectivity index (χ0) is 21.2. The summed E-state index contributed by atoms with van der Waals surface area (Å²) in [5.41, 5.74) is 1.32. The first-order valence-electron chi connectivity index (χ1n) is 9.91. The van der Waals surface area contributed by atoms with Gasteiger partial charge in [0, 0.05) is 29.5 Å². The Kier molecular flexibility index (Phi) is 6.07. The number of thiocarbonyl (C=S) groups is 1. The van der Waals surface area contributed by atoms with Crippen LogP contribution >= 0.6 is 12.2 Å². The Morgan fingerprint density at radius 1 is 1.38 bits per heavy atom. The number of hydrogen-bond acceptors (Lipinski definition) is 3. The first-order valence-corrected chi connectivity index (χ1v) is 10.3. The van der Waals surface area contributed by atoms with E-state index in [1.54, 1.807) is 11.0 Å². The van der Waals surface area contributed by atoms with Crippen LogP contribution < -0.4 is 5.32 Å². The highest BCUT2D eigenvalue weighted by atomic mass is 32.1. The molecule has 1 fully saturated rings. The molecule has 2 heterocycles. The van der Waals surface area contributed by atoms with Crippen LogP contribution in [-0.2, 0) is 9.59 Å². The lowest BCUT2D eigenvalue weighted by Crippen LogP contribution is -2.50. The smallest absolute Gasteiger partial charge is 0.252 e. The molecule has 0 aliphatic carbocycles. The van der Waals surface area contributed by atoms with Gasteiger partial charge in [0.25, 0.3) is 5.91 Å². The van der Waals surface area contributed by atoms with E-state index in [0.717, 1.165) is 17.3 Å². The van der Waals surface area contributed by atoms with Crippen molar-refractivity contribution in [1.82, 2.24) is 14.8 Å². The third kappa shape index (κ3) is 4.19. The Morgan fingerprint density at radius 2 is 2.14 bits per heavy atom. The molecule has 1 atom stereocenters.